The van der Waals surface area contributed by atoms with E-state index in [9.17, 15) is 4.79 Å². The molecule has 0 amide bonds. The van der Waals surface area contributed by atoms with Crippen molar-refractivity contribution in [2.75, 3.05) is 0 Å². The number of aryl methyl sites for hydroxylation is 1. The number of rotatable bonds is 5. The summed E-state index contributed by atoms with van der Waals surface area (Å²) in [6, 6.07) is 0. The van der Waals surface area contributed by atoms with E-state index < -0.39 is 11.4 Å². The Balaban J connectivity index is 2.31. The first-order valence-electron chi connectivity index (χ1n) is 4.71. The van der Waals surface area contributed by atoms with E-state index in [1.54, 1.807) is 26.4 Å². The predicted molar refractivity (Wildman–Crippen MR) is 52.9 cm³/mol. The smallest absolute Gasteiger partial charge is 0.309 e. The number of aromatic nitrogens is 2. The first-order chi connectivity index (χ1) is 6.52. The summed E-state index contributed by atoms with van der Waals surface area (Å²) in [5.41, 5.74) is -0.624. The van der Waals surface area contributed by atoms with Gasteiger partial charge in [-0.25, -0.2) is 4.98 Å². The van der Waals surface area contributed by atoms with E-state index >= 15 is 0 Å². The molecule has 0 aliphatic heterocycles. The maximum atomic E-state index is 10.8. The molecule has 1 heterocycles. The highest BCUT2D eigenvalue weighted by Crippen LogP contribution is 2.22. The minimum Gasteiger partial charge on any atom is -0.481 e. The number of imidazole rings is 1. The van der Waals surface area contributed by atoms with Crippen molar-refractivity contribution in [1.82, 2.24) is 9.55 Å². The van der Waals surface area contributed by atoms with Crippen molar-refractivity contribution >= 4 is 5.97 Å². The van der Waals surface area contributed by atoms with Gasteiger partial charge in [-0.15, -0.1) is 0 Å². The Kier molecular flexibility index (Phi) is 3.28. The fraction of sp³-hybridized carbons (Fsp3) is 0.600. The molecule has 0 saturated carbocycles. The van der Waals surface area contributed by atoms with E-state index in [1.807, 2.05) is 10.8 Å². The Labute approximate surface area is 83.6 Å². The maximum Gasteiger partial charge on any atom is 0.309 e. The molecule has 1 N–H and O–H groups in total. The summed E-state index contributed by atoms with van der Waals surface area (Å²) in [6.45, 7) is 4.34. The summed E-state index contributed by atoms with van der Waals surface area (Å²) in [6.07, 6.45) is 6.89. The second kappa shape index (κ2) is 4.26. The normalized spacial score (nSPS) is 11.6. The van der Waals surface area contributed by atoms with Crippen molar-refractivity contribution in [3.63, 3.8) is 0 Å². The highest BCUT2D eigenvalue weighted by atomic mass is 16.4. The standard InChI is InChI=1S/C10H16N2O2/c1-10(2,9(13)14)4-3-6-12-7-5-11-8-12/h5,7-8H,3-4,6H2,1-2H3,(H,13,14). The first-order valence-corrected chi connectivity index (χ1v) is 4.71. The Morgan fingerprint density at radius 2 is 2.29 bits per heavy atom. The predicted octanol–water partition coefficient (Wildman–Crippen LogP) is 1.77. The molecule has 1 aromatic rings. The van der Waals surface area contributed by atoms with Crippen LogP contribution in [0.5, 0.6) is 0 Å². The average molecular weight is 196 g/mol. The quantitative estimate of drug-likeness (QED) is 0.780. The lowest BCUT2D eigenvalue weighted by Crippen LogP contribution is -2.23. The van der Waals surface area contributed by atoms with Crippen LogP contribution in [0.1, 0.15) is 26.7 Å². The molecule has 0 radical (unpaired) electrons. The molecule has 1 rings (SSSR count). The summed E-state index contributed by atoms with van der Waals surface area (Å²) in [7, 11) is 0. The zero-order valence-electron chi connectivity index (χ0n) is 8.60. The van der Waals surface area contributed by atoms with E-state index in [2.05, 4.69) is 4.98 Å². The summed E-state index contributed by atoms with van der Waals surface area (Å²) < 4.78 is 1.96. The SMILES string of the molecule is CC(C)(CCCn1ccnc1)C(=O)O. The van der Waals surface area contributed by atoms with E-state index in [4.69, 9.17) is 5.11 Å². The van der Waals surface area contributed by atoms with Crippen molar-refractivity contribution in [3.05, 3.63) is 18.7 Å². The molecule has 0 spiro atoms. The fourth-order valence-electron chi connectivity index (χ4n) is 1.23. The summed E-state index contributed by atoms with van der Waals surface area (Å²) >= 11 is 0. The first kappa shape index (κ1) is 10.8. The molecule has 4 heteroatoms. The largest absolute Gasteiger partial charge is 0.481 e. The van der Waals surface area contributed by atoms with Crippen LogP contribution in [0.25, 0.3) is 0 Å². The van der Waals surface area contributed by atoms with Crippen LogP contribution in [0.3, 0.4) is 0 Å². The molecule has 1 aromatic heterocycles. The van der Waals surface area contributed by atoms with Gasteiger partial charge < -0.3 is 9.67 Å². The Morgan fingerprint density at radius 1 is 1.57 bits per heavy atom. The number of hydrogen-bond acceptors (Lipinski definition) is 2. The Morgan fingerprint density at radius 3 is 2.79 bits per heavy atom. The van der Waals surface area contributed by atoms with Gasteiger partial charge in [-0.1, -0.05) is 0 Å². The van der Waals surface area contributed by atoms with Crippen LogP contribution >= 0.6 is 0 Å². The van der Waals surface area contributed by atoms with Crippen LogP contribution in [0.2, 0.25) is 0 Å². The van der Waals surface area contributed by atoms with Gasteiger partial charge in [0, 0.05) is 18.9 Å². The van der Waals surface area contributed by atoms with Crippen molar-refractivity contribution in [2.45, 2.75) is 33.2 Å². The van der Waals surface area contributed by atoms with Crippen LogP contribution in [-0.2, 0) is 11.3 Å². The molecule has 14 heavy (non-hydrogen) atoms. The summed E-state index contributed by atoms with van der Waals surface area (Å²) in [5, 5.41) is 8.88. The summed E-state index contributed by atoms with van der Waals surface area (Å²) in [5.74, 6) is -0.733. The van der Waals surface area contributed by atoms with Crippen LogP contribution in [-0.4, -0.2) is 20.6 Å². The number of carboxylic acid groups (broad SMARTS) is 1. The van der Waals surface area contributed by atoms with Gasteiger partial charge in [-0.2, -0.15) is 0 Å². The third-order valence-electron chi connectivity index (χ3n) is 2.36. The minimum absolute atomic E-state index is 0.624. The lowest BCUT2D eigenvalue weighted by atomic mass is 9.88. The van der Waals surface area contributed by atoms with Gasteiger partial charge in [0.15, 0.2) is 0 Å². The van der Waals surface area contributed by atoms with E-state index in [1.165, 1.54) is 0 Å². The third kappa shape index (κ3) is 2.87. The molecular formula is C10H16N2O2. The van der Waals surface area contributed by atoms with Gasteiger partial charge in [0.05, 0.1) is 11.7 Å². The molecule has 0 saturated heterocycles. The molecule has 0 aliphatic carbocycles. The maximum absolute atomic E-state index is 10.8. The van der Waals surface area contributed by atoms with Crippen molar-refractivity contribution in [1.29, 1.82) is 0 Å². The monoisotopic (exact) mass is 196 g/mol. The lowest BCUT2D eigenvalue weighted by Gasteiger charge is -2.18. The highest BCUT2D eigenvalue weighted by molar-refractivity contribution is 5.73. The van der Waals surface area contributed by atoms with Crippen LogP contribution in [0, 0.1) is 5.41 Å². The molecule has 0 fully saturated rings. The van der Waals surface area contributed by atoms with Gasteiger partial charge >= 0.3 is 5.97 Å². The number of aliphatic carboxylic acids is 1. The fourth-order valence-corrected chi connectivity index (χ4v) is 1.23. The molecule has 0 aromatic carbocycles. The van der Waals surface area contributed by atoms with E-state index in [0.717, 1.165) is 13.0 Å². The summed E-state index contributed by atoms with van der Waals surface area (Å²) in [4.78, 5) is 14.7. The van der Waals surface area contributed by atoms with E-state index in [-0.39, 0.29) is 0 Å². The van der Waals surface area contributed by atoms with Gasteiger partial charge in [-0.3, -0.25) is 4.79 Å². The molecular weight excluding hydrogens is 180 g/mol. The number of nitrogens with zero attached hydrogens (tertiary/aromatic N) is 2. The van der Waals surface area contributed by atoms with Crippen molar-refractivity contribution < 1.29 is 9.90 Å². The zero-order valence-corrected chi connectivity index (χ0v) is 8.60. The van der Waals surface area contributed by atoms with Gasteiger partial charge in [0.2, 0.25) is 0 Å². The number of hydrogen-bond donors (Lipinski definition) is 1. The number of carboxylic acids is 1. The highest BCUT2D eigenvalue weighted by Gasteiger charge is 2.25. The molecule has 0 atom stereocenters. The van der Waals surface area contributed by atoms with Gasteiger partial charge in [0.25, 0.3) is 0 Å². The number of carbonyl (C=O) groups is 1. The third-order valence-corrected chi connectivity index (χ3v) is 2.36. The molecule has 0 bridgehead atoms. The molecule has 0 aliphatic rings. The van der Waals surface area contributed by atoms with E-state index in [0.29, 0.717) is 6.42 Å². The van der Waals surface area contributed by atoms with Crippen molar-refractivity contribution in [3.8, 4) is 0 Å². The molecule has 78 valence electrons. The van der Waals surface area contributed by atoms with Crippen molar-refractivity contribution in [2.24, 2.45) is 5.41 Å². The second-order valence-corrected chi connectivity index (χ2v) is 4.09. The van der Waals surface area contributed by atoms with Crippen LogP contribution in [0.15, 0.2) is 18.7 Å². The molecule has 0 unspecified atom stereocenters. The van der Waals surface area contributed by atoms with Gasteiger partial charge in [-0.05, 0) is 26.7 Å². The topological polar surface area (TPSA) is 55.1 Å². The Hall–Kier alpha value is -1.32. The lowest BCUT2D eigenvalue weighted by molar-refractivity contribution is -0.147. The van der Waals surface area contributed by atoms with Gasteiger partial charge in [0.1, 0.15) is 0 Å². The second-order valence-electron chi connectivity index (χ2n) is 4.09. The van der Waals surface area contributed by atoms with Crippen LogP contribution < -0.4 is 0 Å². The minimum atomic E-state index is -0.733. The zero-order chi connectivity index (χ0) is 10.6. The molecule has 4 nitrogen and oxygen atoms in total. The Bertz CT molecular complexity index is 291. The van der Waals surface area contributed by atoms with Crippen LogP contribution in [0.4, 0.5) is 0 Å². The average Bonchev–Trinajstić information content (AvgIpc) is 2.56.